The second-order valence-corrected chi connectivity index (χ2v) is 8.42. The van der Waals surface area contributed by atoms with Crippen molar-refractivity contribution < 1.29 is 9.47 Å². The van der Waals surface area contributed by atoms with Crippen LogP contribution < -0.4 is 26.8 Å². The normalized spacial score (nSPS) is 15.6. The van der Waals surface area contributed by atoms with E-state index in [0.717, 1.165) is 62.3 Å². The molecule has 0 radical (unpaired) electrons. The highest BCUT2D eigenvalue weighted by Gasteiger charge is 2.17. The molecule has 1 aromatic carbocycles. The summed E-state index contributed by atoms with van der Waals surface area (Å²) < 4.78 is 13.0. The van der Waals surface area contributed by atoms with Crippen LogP contribution in [0.25, 0.3) is 11.0 Å². The number of anilines is 2. The summed E-state index contributed by atoms with van der Waals surface area (Å²) in [6.07, 6.45) is 5.34. The van der Waals surface area contributed by atoms with Gasteiger partial charge in [0.1, 0.15) is 16.8 Å². The van der Waals surface area contributed by atoms with E-state index in [-0.39, 0.29) is 12.1 Å². The van der Waals surface area contributed by atoms with Crippen LogP contribution in [0, 0.1) is 0 Å². The van der Waals surface area contributed by atoms with E-state index in [1.165, 1.54) is 5.56 Å². The maximum atomic E-state index is 6.20. The summed E-state index contributed by atoms with van der Waals surface area (Å²) in [5.41, 5.74) is 15.7. The summed E-state index contributed by atoms with van der Waals surface area (Å²) in [4.78, 5) is 8.72. The van der Waals surface area contributed by atoms with Gasteiger partial charge in [0.15, 0.2) is 5.82 Å². The Labute approximate surface area is 194 Å². The monoisotopic (exact) mass is 454 g/mol. The number of methoxy groups -OCH3 is 1. The number of benzene rings is 1. The molecule has 0 amide bonds. The molecule has 1 aliphatic heterocycles. The summed E-state index contributed by atoms with van der Waals surface area (Å²) in [6.45, 7) is 5.04. The van der Waals surface area contributed by atoms with E-state index in [0.29, 0.717) is 23.9 Å². The smallest absolute Gasteiger partial charge is 0.222 e. The van der Waals surface area contributed by atoms with Gasteiger partial charge in [-0.05, 0) is 30.9 Å². The lowest BCUT2D eigenvalue weighted by atomic mass is 10.1. The molecule has 1 aliphatic rings. The zero-order valence-electron chi connectivity index (χ0n) is 19.4. The Kier molecular flexibility index (Phi) is 7.58. The molecule has 0 saturated carbocycles. The fourth-order valence-corrected chi connectivity index (χ4v) is 4.15. The first kappa shape index (κ1) is 23.2. The number of aromatic nitrogens is 4. The fourth-order valence-electron chi connectivity index (χ4n) is 4.15. The summed E-state index contributed by atoms with van der Waals surface area (Å²) in [5, 5.41) is 11.4. The molecule has 0 spiro atoms. The molecule has 1 saturated heterocycles. The Bertz CT molecular complexity index is 1060. The molecule has 0 aliphatic carbocycles. The van der Waals surface area contributed by atoms with Crippen LogP contribution in [-0.2, 0) is 17.8 Å². The van der Waals surface area contributed by atoms with E-state index in [9.17, 15) is 0 Å². The molecule has 1 fully saturated rings. The molecule has 2 aromatic heterocycles. The van der Waals surface area contributed by atoms with Gasteiger partial charge in [-0.1, -0.05) is 25.5 Å². The predicted octanol–water partition coefficient (Wildman–Crippen LogP) is 2.23. The first-order chi connectivity index (χ1) is 16.1. The predicted molar refractivity (Wildman–Crippen MR) is 129 cm³/mol. The number of nitrogens with zero attached hydrogens (tertiary/aromatic N) is 4. The van der Waals surface area contributed by atoms with Crippen LogP contribution in [0.3, 0.4) is 0 Å². The van der Waals surface area contributed by atoms with Crippen molar-refractivity contribution in [2.75, 3.05) is 31.4 Å². The van der Waals surface area contributed by atoms with E-state index in [1.807, 2.05) is 4.68 Å². The zero-order valence-corrected chi connectivity index (χ0v) is 19.4. The first-order valence-corrected chi connectivity index (χ1v) is 11.6. The van der Waals surface area contributed by atoms with E-state index in [2.05, 4.69) is 50.8 Å². The molecule has 4 rings (SSSR count). The number of nitrogens with one attached hydrogen (secondary N) is 2. The van der Waals surface area contributed by atoms with Gasteiger partial charge in [-0.2, -0.15) is 10.1 Å². The van der Waals surface area contributed by atoms with Crippen LogP contribution in [0.2, 0.25) is 0 Å². The highest BCUT2D eigenvalue weighted by Crippen LogP contribution is 2.26. The van der Waals surface area contributed by atoms with Gasteiger partial charge in [-0.3, -0.25) is 4.68 Å². The van der Waals surface area contributed by atoms with Crippen LogP contribution in [0.4, 0.5) is 11.8 Å². The fraction of sp³-hybridized carbons (Fsp3) is 0.522. The molecule has 10 heteroatoms. The minimum absolute atomic E-state index is 0.187. The molecule has 10 nitrogen and oxygen atoms in total. The van der Waals surface area contributed by atoms with E-state index < -0.39 is 0 Å². The number of hydrogen-bond acceptors (Lipinski definition) is 9. The summed E-state index contributed by atoms with van der Waals surface area (Å²) in [5.74, 6) is 1.60. The molecule has 1 unspecified atom stereocenters. The van der Waals surface area contributed by atoms with Crippen molar-refractivity contribution in [1.29, 1.82) is 0 Å². The molecule has 3 heterocycles. The van der Waals surface area contributed by atoms with E-state index in [4.69, 9.17) is 20.9 Å². The lowest BCUT2D eigenvalue weighted by Gasteiger charge is -2.23. The number of nitrogens with two attached hydrogens (primary N) is 2. The molecular weight excluding hydrogens is 420 g/mol. The van der Waals surface area contributed by atoms with Crippen LogP contribution >= 0.6 is 0 Å². The van der Waals surface area contributed by atoms with Gasteiger partial charge in [0.05, 0.1) is 26.0 Å². The van der Waals surface area contributed by atoms with Crippen molar-refractivity contribution in [2.24, 2.45) is 5.73 Å². The van der Waals surface area contributed by atoms with Gasteiger partial charge < -0.3 is 31.6 Å². The summed E-state index contributed by atoms with van der Waals surface area (Å²) in [6, 6.07) is 6.79. The Hall–Kier alpha value is -2.95. The van der Waals surface area contributed by atoms with Crippen molar-refractivity contribution in [1.82, 2.24) is 25.1 Å². The maximum absolute atomic E-state index is 6.20. The molecule has 3 aromatic rings. The van der Waals surface area contributed by atoms with Crippen molar-refractivity contribution in [3.63, 3.8) is 0 Å². The Morgan fingerprint density at radius 2 is 2.09 bits per heavy atom. The van der Waals surface area contributed by atoms with Crippen LogP contribution in [0.5, 0.6) is 5.75 Å². The lowest BCUT2D eigenvalue weighted by Crippen LogP contribution is -2.34. The summed E-state index contributed by atoms with van der Waals surface area (Å²) in [7, 11) is 1.69. The van der Waals surface area contributed by atoms with E-state index >= 15 is 0 Å². The second kappa shape index (κ2) is 10.8. The minimum atomic E-state index is -0.229. The van der Waals surface area contributed by atoms with Crippen LogP contribution in [-0.4, -0.2) is 52.3 Å². The Balaban J connectivity index is 1.54. The van der Waals surface area contributed by atoms with E-state index in [1.54, 1.807) is 13.3 Å². The Morgan fingerprint density at radius 1 is 1.27 bits per heavy atom. The molecule has 1 atom stereocenters. The number of nitrogen functional groups attached to an aromatic ring is 1. The molecule has 0 bridgehead atoms. The van der Waals surface area contributed by atoms with Crippen molar-refractivity contribution in [3.8, 4) is 5.75 Å². The van der Waals surface area contributed by atoms with Crippen LogP contribution in [0.1, 0.15) is 43.7 Å². The molecule has 33 heavy (non-hydrogen) atoms. The average molecular weight is 455 g/mol. The SMILES string of the molecule is CCCC(N)Nc1nc(N)nc2cnn(Cc3ccc(CNC4CCOCC4)cc3OC)c12. The quantitative estimate of drug-likeness (QED) is 0.340. The molecule has 6 N–H and O–H groups in total. The molecule has 178 valence electrons. The van der Waals surface area contributed by atoms with Gasteiger partial charge in [-0.25, -0.2) is 4.98 Å². The highest BCUT2D eigenvalue weighted by atomic mass is 16.5. The minimum Gasteiger partial charge on any atom is -0.496 e. The number of rotatable bonds is 10. The van der Waals surface area contributed by atoms with Crippen molar-refractivity contribution in [2.45, 2.75) is 57.9 Å². The maximum Gasteiger partial charge on any atom is 0.222 e. The first-order valence-electron chi connectivity index (χ1n) is 11.6. The van der Waals surface area contributed by atoms with Crippen molar-refractivity contribution in [3.05, 3.63) is 35.5 Å². The lowest BCUT2D eigenvalue weighted by molar-refractivity contribution is 0.0776. The van der Waals surface area contributed by atoms with Gasteiger partial charge in [0.2, 0.25) is 5.95 Å². The van der Waals surface area contributed by atoms with Crippen molar-refractivity contribution >= 4 is 22.8 Å². The average Bonchev–Trinajstić information content (AvgIpc) is 3.21. The molecular formula is C23H34N8O2. The Morgan fingerprint density at radius 3 is 2.85 bits per heavy atom. The number of fused-ring (bicyclic) bond motifs is 1. The highest BCUT2D eigenvalue weighted by molar-refractivity contribution is 5.86. The largest absolute Gasteiger partial charge is 0.496 e. The third-order valence-electron chi connectivity index (χ3n) is 5.92. The number of ether oxygens (including phenoxy) is 2. The van der Waals surface area contributed by atoms with Gasteiger partial charge in [0, 0.05) is 31.4 Å². The summed E-state index contributed by atoms with van der Waals surface area (Å²) >= 11 is 0. The third kappa shape index (κ3) is 5.70. The number of hydrogen-bond donors (Lipinski definition) is 4. The van der Waals surface area contributed by atoms with Gasteiger partial charge in [-0.15, -0.1) is 0 Å². The van der Waals surface area contributed by atoms with Crippen LogP contribution in [0.15, 0.2) is 24.4 Å². The standard InChI is InChI=1S/C23H34N8O2/c1-3-4-20(24)29-22-21-18(28-23(25)30-22)13-27-31(21)14-16-6-5-15(11-19(16)32-2)12-26-17-7-9-33-10-8-17/h5-6,11,13,17,20,26H,3-4,7-10,12,14,24H2,1-2H3,(H3,25,28,29,30). The van der Waals surface area contributed by atoms with Gasteiger partial charge in [0.25, 0.3) is 0 Å². The topological polar surface area (TPSA) is 138 Å². The zero-order chi connectivity index (χ0) is 23.2. The van der Waals surface area contributed by atoms with Gasteiger partial charge >= 0.3 is 0 Å². The third-order valence-corrected chi connectivity index (χ3v) is 5.92. The second-order valence-electron chi connectivity index (χ2n) is 8.42.